The molecular weight excluding hydrogens is 210 g/mol. The number of hydrogen-bond donors (Lipinski definition) is 0. The van der Waals surface area contributed by atoms with Crippen molar-refractivity contribution in [2.75, 3.05) is 27.7 Å². The maximum Gasteiger partial charge on any atom is 0.0852 e. The van der Waals surface area contributed by atoms with E-state index < -0.39 is 0 Å². The van der Waals surface area contributed by atoms with Gasteiger partial charge in [-0.3, -0.25) is 0 Å². The van der Waals surface area contributed by atoms with E-state index in [0.29, 0.717) is 12.0 Å². The molecule has 2 rings (SSSR count). The minimum Gasteiger partial charge on any atom is -0.376 e. The molecule has 1 aliphatic carbocycles. The van der Waals surface area contributed by atoms with Gasteiger partial charge in [-0.2, -0.15) is 0 Å². The number of aryl methyl sites for hydroxylation is 1. The first kappa shape index (κ1) is 12.6. The van der Waals surface area contributed by atoms with E-state index in [1.165, 1.54) is 30.4 Å². The SMILES string of the molecule is COC1c2ccccc2CCC1CCN(C)C. The Balaban J connectivity index is 2.12. The van der Waals surface area contributed by atoms with Crippen molar-refractivity contribution in [1.82, 2.24) is 4.90 Å². The molecule has 0 aromatic heterocycles. The van der Waals surface area contributed by atoms with Crippen LogP contribution < -0.4 is 0 Å². The maximum absolute atomic E-state index is 5.74. The van der Waals surface area contributed by atoms with Gasteiger partial charge in [-0.15, -0.1) is 0 Å². The molecule has 94 valence electrons. The van der Waals surface area contributed by atoms with Crippen LogP contribution in [0.15, 0.2) is 24.3 Å². The zero-order chi connectivity index (χ0) is 12.3. The fraction of sp³-hybridized carbons (Fsp3) is 0.600. The van der Waals surface area contributed by atoms with Crippen molar-refractivity contribution in [3.8, 4) is 0 Å². The van der Waals surface area contributed by atoms with Crippen LogP contribution in [0.2, 0.25) is 0 Å². The van der Waals surface area contributed by atoms with E-state index in [0.717, 1.165) is 6.54 Å². The number of methoxy groups -OCH3 is 1. The predicted molar refractivity (Wildman–Crippen MR) is 71.2 cm³/mol. The van der Waals surface area contributed by atoms with Gasteiger partial charge in [-0.1, -0.05) is 24.3 Å². The smallest absolute Gasteiger partial charge is 0.0852 e. The number of rotatable bonds is 4. The third-order valence-corrected chi connectivity index (χ3v) is 3.78. The minimum atomic E-state index is 0.292. The fourth-order valence-corrected chi connectivity index (χ4v) is 2.82. The Morgan fingerprint density at radius 2 is 2.06 bits per heavy atom. The Morgan fingerprint density at radius 3 is 2.76 bits per heavy atom. The quantitative estimate of drug-likeness (QED) is 0.793. The van der Waals surface area contributed by atoms with Gasteiger partial charge >= 0.3 is 0 Å². The van der Waals surface area contributed by atoms with Gasteiger partial charge in [0, 0.05) is 7.11 Å². The van der Waals surface area contributed by atoms with Crippen LogP contribution in [-0.4, -0.2) is 32.6 Å². The molecular formula is C15H23NO. The highest BCUT2D eigenvalue weighted by Crippen LogP contribution is 2.38. The summed E-state index contributed by atoms with van der Waals surface area (Å²) in [7, 11) is 6.12. The van der Waals surface area contributed by atoms with Gasteiger partial charge in [0.2, 0.25) is 0 Å². The van der Waals surface area contributed by atoms with Gasteiger partial charge in [-0.25, -0.2) is 0 Å². The second-order valence-electron chi connectivity index (χ2n) is 5.25. The molecule has 0 amide bonds. The molecule has 0 spiro atoms. The number of ether oxygens (including phenoxy) is 1. The molecule has 1 aromatic rings. The van der Waals surface area contributed by atoms with E-state index in [4.69, 9.17) is 4.74 Å². The number of nitrogens with zero attached hydrogens (tertiary/aromatic N) is 1. The van der Waals surface area contributed by atoms with Crippen LogP contribution in [0.1, 0.15) is 30.1 Å². The summed E-state index contributed by atoms with van der Waals surface area (Å²) in [5, 5.41) is 0. The highest BCUT2D eigenvalue weighted by Gasteiger charge is 2.28. The summed E-state index contributed by atoms with van der Waals surface area (Å²) < 4.78 is 5.74. The fourth-order valence-electron chi connectivity index (χ4n) is 2.82. The van der Waals surface area contributed by atoms with Gasteiger partial charge in [-0.05, 0) is 56.9 Å². The lowest BCUT2D eigenvalue weighted by molar-refractivity contribution is 0.0343. The van der Waals surface area contributed by atoms with Crippen LogP contribution in [-0.2, 0) is 11.2 Å². The third-order valence-electron chi connectivity index (χ3n) is 3.78. The van der Waals surface area contributed by atoms with E-state index in [1.807, 2.05) is 7.11 Å². The molecule has 1 aromatic carbocycles. The van der Waals surface area contributed by atoms with Crippen molar-refractivity contribution >= 4 is 0 Å². The van der Waals surface area contributed by atoms with Crippen LogP contribution in [0.3, 0.4) is 0 Å². The standard InChI is InChI=1S/C15H23NO/c1-16(2)11-10-13-9-8-12-6-4-5-7-14(12)15(13)17-3/h4-7,13,15H,8-11H2,1-3H3. The summed E-state index contributed by atoms with van der Waals surface area (Å²) in [6.45, 7) is 1.15. The van der Waals surface area contributed by atoms with Gasteiger partial charge in [0.25, 0.3) is 0 Å². The second kappa shape index (κ2) is 5.65. The Bertz CT molecular complexity index is 362. The summed E-state index contributed by atoms with van der Waals surface area (Å²) in [6.07, 6.45) is 3.97. The highest BCUT2D eigenvalue weighted by atomic mass is 16.5. The first-order chi connectivity index (χ1) is 8.22. The number of hydrogen-bond acceptors (Lipinski definition) is 2. The summed E-state index contributed by atoms with van der Waals surface area (Å²) in [6, 6.07) is 8.72. The summed E-state index contributed by atoms with van der Waals surface area (Å²) in [5.41, 5.74) is 2.88. The molecule has 1 aliphatic rings. The second-order valence-corrected chi connectivity index (χ2v) is 5.25. The molecule has 17 heavy (non-hydrogen) atoms. The van der Waals surface area contributed by atoms with Gasteiger partial charge < -0.3 is 9.64 Å². The van der Waals surface area contributed by atoms with Crippen molar-refractivity contribution in [2.45, 2.75) is 25.4 Å². The third kappa shape index (κ3) is 2.88. The molecule has 2 heteroatoms. The molecule has 0 saturated carbocycles. The van der Waals surface area contributed by atoms with Crippen molar-refractivity contribution in [2.24, 2.45) is 5.92 Å². The van der Waals surface area contributed by atoms with Crippen molar-refractivity contribution in [3.63, 3.8) is 0 Å². The lowest BCUT2D eigenvalue weighted by Crippen LogP contribution is -2.26. The molecule has 0 fully saturated rings. The largest absolute Gasteiger partial charge is 0.376 e. The molecule has 0 bridgehead atoms. The number of benzene rings is 1. The van der Waals surface area contributed by atoms with Crippen molar-refractivity contribution in [1.29, 1.82) is 0 Å². The zero-order valence-corrected chi connectivity index (χ0v) is 11.1. The Hall–Kier alpha value is -0.860. The monoisotopic (exact) mass is 233 g/mol. The van der Waals surface area contributed by atoms with E-state index in [-0.39, 0.29) is 0 Å². The van der Waals surface area contributed by atoms with Crippen LogP contribution >= 0.6 is 0 Å². The van der Waals surface area contributed by atoms with Gasteiger partial charge in [0.1, 0.15) is 0 Å². The average Bonchev–Trinajstić information content (AvgIpc) is 2.35. The molecule has 0 saturated heterocycles. The minimum absolute atomic E-state index is 0.292. The van der Waals surface area contributed by atoms with Gasteiger partial charge in [0.05, 0.1) is 6.10 Å². The van der Waals surface area contributed by atoms with Crippen LogP contribution in [0.25, 0.3) is 0 Å². The summed E-state index contributed by atoms with van der Waals surface area (Å²) in [4.78, 5) is 2.26. The molecule has 0 aliphatic heterocycles. The Morgan fingerprint density at radius 1 is 1.29 bits per heavy atom. The van der Waals surface area contributed by atoms with E-state index in [2.05, 4.69) is 43.3 Å². The first-order valence-electron chi connectivity index (χ1n) is 6.47. The van der Waals surface area contributed by atoms with Crippen LogP contribution in [0.5, 0.6) is 0 Å². The van der Waals surface area contributed by atoms with Crippen molar-refractivity contribution in [3.05, 3.63) is 35.4 Å². The van der Waals surface area contributed by atoms with E-state index in [9.17, 15) is 0 Å². The Kier molecular flexibility index (Phi) is 4.19. The molecule has 0 N–H and O–H groups in total. The lowest BCUT2D eigenvalue weighted by atomic mass is 9.79. The molecule has 0 heterocycles. The summed E-state index contributed by atoms with van der Waals surface area (Å²) in [5.74, 6) is 0.664. The van der Waals surface area contributed by atoms with E-state index in [1.54, 1.807) is 0 Å². The first-order valence-corrected chi connectivity index (χ1v) is 6.47. The highest BCUT2D eigenvalue weighted by molar-refractivity contribution is 5.32. The number of fused-ring (bicyclic) bond motifs is 1. The zero-order valence-electron chi connectivity index (χ0n) is 11.1. The molecule has 0 radical (unpaired) electrons. The van der Waals surface area contributed by atoms with Crippen molar-refractivity contribution < 1.29 is 4.74 Å². The molecule has 2 unspecified atom stereocenters. The maximum atomic E-state index is 5.74. The normalized spacial score (nSPS) is 23.8. The average molecular weight is 233 g/mol. The van der Waals surface area contributed by atoms with Gasteiger partial charge in [0.15, 0.2) is 0 Å². The lowest BCUT2D eigenvalue weighted by Gasteiger charge is -2.33. The van der Waals surface area contributed by atoms with Crippen LogP contribution in [0, 0.1) is 5.92 Å². The summed E-state index contributed by atoms with van der Waals surface area (Å²) >= 11 is 0. The topological polar surface area (TPSA) is 12.5 Å². The van der Waals surface area contributed by atoms with Crippen LogP contribution in [0.4, 0.5) is 0 Å². The molecule has 2 nitrogen and oxygen atoms in total. The Labute approximate surface area is 105 Å². The molecule has 2 atom stereocenters. The predicted octanol–water partition coefficient (Wildman–Crippen LogP) is 2.89. The van der Waals surface area contributed by atoms with E-state index >= 15 is 0 Å².